The van der Waals surface area contributed by atoms with Crippen LogP contribution in [0.5, 0.6) is 0 Å². The van der Waals surface area contributed by atoms with E-state index in [1.807, 2.05) is 4.72 Å². The molecule has 0 spiro atoms. The molecular formula is C13H11BrF2N2O2S. The minimum Gasteiger partial charge on any atom is -0.399 e. The monoisotopic (exact) mass is 376 g/mol. The number of nitrogen functional groups attached to an aromatic ring is 1. The summed E-state index contributed by atoms with van der Waals surface area (Å²) in [5.74, 6) is -1.70. The second-order valence-electron chi connectivity index (χ2n) is 4.38. The van der Waals surface area contributed by atoms with Crippen LogP contribution in [0.1, 0.15) is 5.56 Å². The number of hydrogen-bond acceptors (Lipinski definition) is 3. The molecule has 0 radical (unpaired) electrons. The van der Waals surface area contributed by atoms with Crippen LogP contribution >= 0.6 is 15.9 Å². The minimum atomic E-state index is -4.29. The van der Waals surface area contributed by atoms with E-state index in [9.17, 15) is 17.2 Å². The lowest BCUT2D eigenvalue weighted by Crippen LogP contribution is -2.16. The van der Waals surface area contributed by atoms with E-state index in [1.54, 1.807) is 0 Å². The number of rotatable bonds is 3. The van der Waals surface area contributed by atoms with Crippen molar-refractivity contribution in [3.05, 3.63) is 52.0 Å². The molecule has 21 heavy (non-hydrogen) atoms. The molecule has 2 rings (SSSR count). The Hall–Kier alpha value is -1.67. The van der Waals surface area contributed by atoms with Crippen molar-refractivity contribution >= 4 is 37.3 Å². The first-order valence-electron chi connectivity index (χ1n) is 5.74. The molecule has 0 amide bonds. The van der Waals surface area contributed by atoms with Gasteiger partial charge in [0.2, 0.25) is 0 Å². The lowest BCUT2D eigenvalue weighted by molar-refractivity contribution is 0.564. The van der Waals surface area contributed by atoms with Gasteiger partial charge in [0, 0.05) is 10.2 Å². The number of sulfonamides is 1. The van der Waals surface area contributed by atoms with Gasteiger partial charge in [-0.05, 0) is 42.8 Å². The molecule has 0 fully saturated rings. The van der Waals surface area contributed by atoms with Crippen LogP contribution in [0, 0.1) is 18.6 Å². The van der Waals surface area contributed by atoms with Crippen molar-refractivity contribution in [3.63, 3.8) is 0 Å². The molecule has 0 unspecified atom stereocenters. The average molecular weight is 377 g/mol. The smallest absolute Gasteiger partial charge is 0.264 e. The van der Waals surface area contributed by atoms with Gasteiger partial charge >= 0.3 is 0 Å². The summed E-state index contributed by atoms with van der Waals surface area (Å²) >= 11 is 3.10. The third-order valence-corrected chi connectivity index (χ3v) is 4.56. The number of aryl methyl sites for hydroxylation is 1. The molecule has 0 atom stereocenters. The quantitative estimate of drug-likeness (QED) is 0.806. The van der Waals surface area contributed by atoms with Gasteiger partial charge in [-0.3, -0.25) is 4.72 Å². The van der Waals surface area contributed by atoms with Gasteiger partial charge in [-0.1, -0.05) is 15.9 Å². The van der Waals surface area contributed by atoms with Gasteiger partial charge in [-0.2, -0.15) is 0 Å². The largest absolute Gasteiger partial charge is 0.399 e. The van der Waals surface area contributed by atoms with Crippen molar-refractivity contribution in [2.75, 3.05) is 10.5 Å². The van der Waals surface area contributed by atoms with Crippen molar-refractivity contribution in [1.29, 1.82) is 0 Å². The zero-order chi connectivity index (χ0) is 15.8. The van der Waals surface area contributed by atoms with Gasteiger partial charge in [-0.15, -0.1) is 0 Å². The van der Waals surface area contributed by atoms with E-state index in [-0.39, 0.29) is 16.9 Å². The van der Waals surface area contributed by atoms with Crippen LogP contribution in [0.4, 0.5) is 20.2 Å². The molecular weight excluding hydrogens is 366 g/mol. The SMILES string of the molecule is Cc1cc(N)cc(S(=O)(=O)Nc2cc(Br)ccc2F)c1F. The maximum Gasteiger partial charge on any atom is 0.264 e. The molecule has 0 aliphatic rings. The molecule has 112 valence electrons. The maximum absolute atomic E-state index is 14.0. The lowest BCUT2D eigenvalue weighted by atomic mass is 10.2. The van der Waals surface area contributed by atoms with Crippen LogP contribution < -0.4 is 10.5 Å². The standard InChI is InChI=1S/C13H11BrF2N2O2S/c1-7-4-9(17)6-12(13(7)16)21(19,20)18-11-5-8(14)2-3-10(11)15/h2-6,18H,17H2,1H3. The van der Waals surface area contributed by atoms with Crippen LogP contribution in [0.25, 0.3) is 0 Å². The van der Waals surface area contributed by atoms with Gasteiger partial charge < -0.3 is 5.73 Å². The normalized spacial score (nSPS) is 11.4. The maximum atomic E-state index is 14.0. The summed E-state index contributed by atoms with van der Waals surface area (Å²) in [6.07, 6.45) is 0. The summed E-state index contributed by atoms with van der Waals surface area (Å²) in [7, 11) is -4.29. The van der Waals surface area contributed by atoms with E-state index in [0.717, 1.165) is 12.1 Å². The molecule has 4 nitrogen and oxygen atoms in total. The van der Waals surface area contributed by atoms with Gasteiger partial charge in [0.1, 0.15) is 16.5 Å². The third-order valence-electron chi connectivity index (χ3n) is 2.71. The molecule has 0 aliphatic carbocycles. The number of nitrogens with one attached hydrogen (secondary N) is 1. The van der Waals surface area contributed by atoms with Crippen LogP contribution in [-0.4, -0.2) is 8.42 Å². The third kappa shape index (κ3) is 3.33. The van der Waals surface area contributed by atoms with Crippen LogP contribution in [0.3, 0.4) is 0 Å². The highest BCUT2D eigenvalue weighted by Crippen LogP contribution is 2.26. The molecule has 0 saturated heterocycles. The molecule has 3 N–H and O–H groups in total. The molecule has 0 aliphatic heterocycles. The Morgan fingerprint density at radius 1 is 1.19 bits per heavy atom. The second kappa shape index (κ2) is 5.61. The Morgan fingerprint density at radius 2 is 1.86 bits per heavy atom. The summed E-state index contributed by atoms with van der Waals surface area (Å²) in [6, 6.07) is 6.04. The number of benzene rings is 2. The Bertz CT molecular complexity index is 810. The van der Waals surface area contributed by atoms with Gasteiger partial charge in [0.25, 0.3) is 10.0 Å². The number of hydrogen-bond donors (Lipinski definition) is 2. The van der Waals surface area contributed by atoms with Gasteiger partial charge in [0.15, 0.2) is 0 Å². The number of halogens is 3. The summed E-state index contributed by atoms with van der Waals surface area (Å²) in [5, 5.41) is 0. The van der Waals surface area contributed by atoms with E-state index in [4.69, 9.17) is 5.73 Å². The topological polar surface area (TPSA) is 72.2 Å². The fourth-order valence-electron chi connectivity index (χ4n) is 1.74. The van der Waals surface area contributed by atoms with Crippen molar-refractivity contribution in [2.45, 2.75) is 11.8 Å². The molecule has 0 aromatic heterocycles. The Morgan fingerprint density at radius 3 is 2.52 bits per heavy atom. The molecule has 0 saturated carbocycles. The number of nitrogens with two attached hydrogens (primary N) is 1. The van der Waals surface area contributed by atoms with E-state index >= 15 is 0 Å². The van der Waals surface area contributed by atoms with Gasteiger partial charge in [0.05, 0.1) is 5.69 Å². The van der Waals surface area contributed by atoms with Crippen LogP contribution in [-0.2, 0) is 10.0 Å². The first-order chi connectivity index (χ1) is 9.70. The highest BCUT2D eigenvalue weighted by atomic mass is 79.9. The highest BCUT2D eigenvalue weighted by molar-refractivity contribution is 9.10. The molecule has 0 heterocycles. The number of anilines is 2. The summed E-state index contributed by atoms with van der Waals surface area (Å²) in [6.45, 7) is 1.39. The molecule has 0 bridgehead atoms. The summed E-state index contributed by atoms with van der Waals surface area (Å²) < 4.78 is 54.5. The predicted molar refractivity (Wildman–Crippen MR) is 80.5 cm³/mol. The Labute approximate surface area is 129 Å². The van der Waals surface area contributed by atoms with Crippen LogP contribution in [0.2, 0.25) is 0 Å². The van der Waals surface area contributed by atoms with E-state index in [2.05, 4.69) is 15.9 Å². The molecule has 2 aromatic carbocycles. The van der Waals surface area contributed by atoms with Crippen molar-refractivity contribution in [2.24, 2.45) is 0 Å². The minimum absolute atomic E-state index is 0.0880. The van der Waals surface area contributed by atoms with Crippen molar-refractivity contribution in [3.8, 4) is 0 Å². The van der Waals surface area contributed by atoms with Crippen LogP contribution in [0.15, 0.2) is 39.7 Å². The Balaban J connectivity index is 2.51. The first-order valence-corrected chi connectivity index (χ1v) is 8.02. The first kappa shape index (κ1) is 15.7. The summed E-state index contributed by atoms with van der Waals surface area (Å²) in [4.78, 5) is -0.626. The van der Waals surface area contributed by atoms with Crippen molar-refractivity contribution in [1.82, 2.24) is 0 Å². The molecule has 2 aromatic rings. The predicted octanol–water partition coefficient (Wildman–Crippen LogP) is 3.42. The lowest BCUT2D eigenvalue weighted by Gasteiger charge is -2.12. The molecule has 8 heteroatoms. The van der Waals surface area contributed by atoms with Crippen molar-refractivity contribution < 1.29 is 17.2 Å². The fraction of sp³-hybridized carbons (Fsp3) is 0.0769. The fourth-order valence-corrected chi connectivity index (χ4v) is 3.34. The summed E-state index contributed by atoms with van der Waals surface area (Å²) in [5.41, 5.74) is 5.43. The highest BCUT2D eigenvalue weighted by Gasteiger charge is 2.22. The second-order valence-corrected chi connectivity index (χ2v) is 6.95. The van der Waals surface area contributed by atoms with E-state index < -0.39 is 26.6 Å². The zero-order valence-electron chi connectivity index (χ0n) is 10.8. The van der Waals surface area contributed by atoms with Gasteiger partial charge in [-0.25, -0.2) is 17.2 Å². The van der Waals surface area contributed by atoms with E-state index in [0.29, 0.717) is 4.47 Å². The average Bonchev–Trinajstić information content (AvgIpc) is 2.37. The Kier molecular flexibility index (Phi) is 4.20. The van der Waals surface area contributed by atoms with E-state index in [1.165, 1.54) is 25.1 Å². The zero-order valence-corrected chi connectivity index (χ0v) is 13.2.